The molecule has 0 atom stereocenters. The number of nitrogens with zero attached hydrogens (tertiary/aromatic N) is 1. The summed E-state index contributed by atoms with van der Waals surface area (Å²) in [6.07, 6.45) is 3.44. The average Bonchev–Trinajstić information content (AvgIpc) is 2.92. The lowest BCUT2D eigenvalue weighted by atomic mass is 9.86. The minimum Gasteiger partial charge on any atom is -0.490 e. The summed E-state index contributed by atoms with van der Waals surface area (Å²) >= 11 is 3.55. The summed E-state index contributed by atoms with van der Waals surface area (Å²) in [5.74, 6) is 0.664. The fourth-order valence-corrected chi connectivity index (χ4v) is 3.16. The lowest BCUT2D eigenvalue weighted by Crippen LogP contribution is -2.25. The van der Waals surface area contributed by atoms with Crippen molar-refractivity contribution in [2.45, 2.75) is 39.0 Å². The summed E-state index contributed by atoms with van der Waals surface area (Å²) in [7, 11) is 0. The first-order valence-electron chi connectivity index (χ1n) is 7.56. The van der Waals surface area contributed by atoms with E-state index in [9.17, 15) is 4.79 Å². The zero-order chi connectivity index (χ0) is 15.5. The van der Waals surface area contributed by atoms with E-state index in [1.54, 1.807) is 0 Å². The number of carbonyl (C=O) groups is 1. The van der Waals surface area contributed by atoms with Crippen LogP contribution in [0.5, 0.6) is 5.75 Å². The number of hydrogen-bond acceptors (Lipinski definition) is 3. The molecule has 0 aliphatic carbocycles. The molecule has 1 aliphatic rings. The van der Waals surface area contributed by atoms with Crippen molar-refractivity contribution in [1.29, 1.82) is 0 Å². The summed E-state index contributed by atoms with van der Waals surface area (Å²) in [6.45, 7) is 10.3. The number of benzene rings is 1. The zero-order valence-corrected chi connectivity index (χ0v) is 14.7. The van der Waals surface area contributed by atoms with Gasteiger partial charge in [-0.05, 0) is 65.0 Å². The second-order valence-corrected chi connectivity index (χ2v) is 7.50. The van der Waals surface area contributed by atoms with E-state index in [-0.39, 0.29) is 5.41 Å². The summed E-state index contributed by atoms with van der Waals surface area (Å²) in [5.41, 5.74) is 1.76. The number of aldehydes is 1. The molecule has 0 bridgehead atoms. The Morgan fingerprint density at radius 1 is 1.29 bits per heavy atom. The Kier molecular flexibility index (Phi) is 5.44. The molecule has 4 heteroatoms. The summed E-state index contributed by atoms with van der Waals surface area (Å²) in [6, 6.07) is 3.99. The molecule has 1 aromatic carbocycles. The fraction of sp³-hybridized carbons (Fsp3) is 0.588. The smallest absolute Gasteiger partial charge is 0.153 e. The quantitative estimate of drug-likeness (QED) is 0.748. The lowest BCUT2D eigenvalue weighted by Gasteiger charge is -2.22. The second kappa shape index (κ2) is 6.93. The highest BCUT2D eigenvalue weighted by Crippen LogP contribution is 2.34. The molecule has 1 aromatic rings. The van der Waals surface area contributed by atoms with Gasteiger partial charge in [-0.2, -0.15) is 0 Å². The molecule has 0 N–H and O–H groups in total. The van der Waals surface area contributed by atoms with Gasteiger partial charge in [-0.3, -0.25) is 9.69 Å². The van der Waals surface area contributed by atoms with Gasteiger partial charge in [0.25, 0.3) is 0 Å². The van der Waals surface area contributed by atoms with Crippen molar-refractivity contribution in [1.82, 2.24) is 4.90 Å². The number of likely N-dealkylation sites (tertiary alicyclic amines) is 1. The average molecular weight is 354 g/mol. The van der Waals surface area contributed by atoms with Crippen molar-refractivity contribution < 1.29 is 9.53 Å². The molecular formula is C17H24BrNO2. The molecule has 3 nitrogen and oxygen atoms in total. The van der Waals surface area contributed by atoms with E-state index in [4.69, 9.17) is 4.74 Å². The van der Waals surface area contributed by atoms with E-state index in [0.29, 0.717) is 17.9 Å². The molecule has 116 valence electrons. The van der Waals surface area contributed by atoms with Crippen molar-refractivity contribution in [3.05, 3.63) is 27.7 Å². The van der Waals surface area contributed by atoms with Gasteiger partial charge < -0.3 is 4.74 Å². The highest BCUT2D eigenvalue weighted by molar-refractivity contribution is 9.10. The van der Waals surface area contributed by atoms with E-state index in [1.807, 2.05) is 6.07 Å². The molecule has 1 saturated heterocycles. The predicted molar refractivity (Wildman–Crippen MR) is 89.4 cm³/mol. The zero-order valence-electron chi connectivity index (χ0n) is 13.1. The van der Waals surface area contributed by atoms with Gasteiger partial charge in [-0.25, -0.2) is 0 Å². The van der Waals surface area contributed by atoms with E-state index in [2.05, 4.69) is 47.7 Å². The van der Waals surface area contributed by atoms with Crippen LogP contribution < -0.4 is 4.74 Å². The Labute approximate surface area is 135 Å². The number of ether oxygens (including phenoxy) is 1. The molecule has 0 unspecified atom stereocenters. The minimum atomic E-state index is 0.00829. The third kappa shape index (κ3) is 4.30. The molecule has 0 amide bonds. The third-order valence-electron chi connectivity index (χ3n) is 3.92. The minimum absolute atomic E-state index is 0.00829. The lowest BCUT2D eigenvalue weighted by molar-refractivity contribution is 0.111. The third-order valence-corrected chi connectivity index (χ3v) is 4.51. The molecule has 0 spiro atoms. The Hall–Kier alpha value is -0.870. The van der Waals surface area contributed by atoms with Gasteiger partial charge in [0.05, 0.1) is 10.0 Å². The van der Waals surface area contributed by atoms with Gasteiger partial charge >= 0.3 is 0 Å². The van der Waals surface area contributed by atoms with Gasteiger partial charge in [0.15, 0.2) is 6.29 Å². The topological polar surface area (TPSA) is 29.5 Å². The second-order valence-electron chi connectivity index (χ2n) is 6.64. The number of halogens is 1. The van der Waals surface area contributed by atoms with Crippen LogP contribution in [0.1, 0.15) is 49.5 Å². The van der Waals surface area contributed by atoms with Crippen LogP contribution in [0, 0.1) is 0 Å². The first kappa shape index (κ1) is 16.5. The predicted octanol–water partition coefficient (Wildman–Crippen LogP) is 4.03. The molecule has 2 rings (SSSR count). The van der Waals surface area contributed by atoms with Gasteiger partial charge in [0.1, 0.15) is 12.4 Å². The van der Waals surface area contributed by atoms with Crippen molar-refractivity contribution in [3.8, 4) is 5.75 Å². The maximum atomic E-state index is 11.4. The Bertz CT molecular complexity index is 502. The molecular weight excluding hydrogens is 330 g/mol. The van der Waals surface area contributed by atoms with Crippen LogP contribution in [0.25, 0.3) is 0 Å². The van der Waals surface area contributed by atoms with Crippen LogP contribution in [0.4, 0.5) is 0 Å². The fourth-order valence-electron chi connectivity index (χ4n) is 2.57. The molecule has 0 saturated carbocycles. The van der Waals surface area contributed by atoms with E-state index < -0.39 is 0 Å². The summed E-state index contributed by atoms with van der Waals surface area (Å²) in [5, 5.41) is 0. The SMILES string of the molecule is CC(C)(C)c1cc(Br)c(OCCN2CCCC2)c(C=O)c1. The Morgan fingerprint density at radius 2 is 1.95 bits per heavy atom. The van der Waals surface area contributed by atoms with Crippen LogP contribution in [0.3, 0.4) is 0 Å². The molecule has 21 heavy (non-hydrogen) atoms. The van der Waals surface area contributed by atoms with Crippen LogP contribution in [-0.2, 0) is 5.41 Å². The number of rotatable bonds is 5. The maximum absolute atomic E-state index is 11.4. The standard InChI is InChI=1S/C17H24BrNO2/c1-17(2,3)14-10-13(12-20)16(15(18)11-14)21-9-8-19-6-4-5-7-19/h10-12H,4-9H2,1-3H3. The van der Waals surface area contributed by atoms with E-state index >= 15 is 0 Å². The van der Waals surface area contributed by atoms with Crippen molar-refractivity contribution in [3.63, 3.8) is 0 Å². The molecule has 0 radical (unpaired) electrons. The Morgan fingerprint density at radius 3 is 2.52 bits per heavy atom. The summed E-state index contributed by atoms with van der Waals surface area (Å²) < 4.78 is 6.73. The number of carbonyl (C=O) groups excluding carboxylic acids is 1. The van der Waals surface area contributed by atoms with Crippen LogP contribution in [-0.4, -0.2) is 37.4 Å². The molecule has 1 aliphatic heterocycles. The van der Waals surface area contributed by atoms with Crippen LogP contribution >= 0.6 is 15.9 Å². The van der Waals surface area contributed by atoms with E-state index in [1.165, 1.54) is 12.8 Å². The molecule has 0 aromatic heterocycles. The largest absolute Gasteiger partial charge is 0.490 e. The highest BCUT2D eigenvalue weighted by Gasteiger charge is 2.19. The van der Waals surface area contributed by atoms with Crippen LogP contribution in [0.2, 0.25) is 0 Å². The first-order valence-corrected chi connectivity index (χ1v) is 8.35. The van der Waals surface area contributed by atoms with Gasteiger partial charge in [-0.1, -0.05) is 20.8 Å². The monoisotopic (exact) mass is 353 g/mol. The normalized spacial score (nSPS) is 16.2. The van der Waals surface area contributed by atoms with Crippen LogP contribution in [0.15, 0.2) is 16.6 Å². The maximum Gasteiger partial charge on any atom is 0.153 e. The molecule has 1 fully saturated rings. The van der Waals surface area contributed by atoms with Gasteiger partial charge in [0.2, 0.25) is 0 Å². The molecule has 1 heterocycles. The highest BCUT2D eigenvalue weighted by atomic mass is 79.9. The Balaban J connectivity index is 2.09. The van der Waals surface area contributed by atoms with Gasteiger partial charge in [0, 0.05) is 6.54 Å². The van der Waals surface area contributed by atoms with E-state index in [0.717, 1.165) is 36.0 Å². The number of hydrogen-bond donors (Lipinski definition) is 0. The van der Waals surface area contributed by atoms with Gasteiger partial charge in [-0.15, -0.1) is 0 Å². The van der Waals surface area contributed by atoms with Crippen molar-refractivity contribution in [2.24, 2.45) is 0 Å². The van der Waals surface area contributed by atoms with Crippen molar-refractivity contribution >= 4 is 22.2 Å². The summed E-state index contributed by atoms with van der Waals surface area (Å²) in [4.78, 5) is 13.8. The first-order chi connectivity index (χ1) is 9.91. The van der Waals surface area contributed by atoms with Crippen molar-refractivity contribution in [2.75, 3.05) is 26.2 Å².